The normalized spacial score (nSPS) is 10.1. The van der Waals surface area contributed by atoms with Crippen molar-refractivity contribution < 1.29 is 0 Å². The van der Waals surface area contributed by atoms with E-state index < -0.39 is 0 Å². The second-order valence-corrected chi connectivity index (χ2v) is 3.52. The molecular formula is C11H9S. The molecule has 59 valence electrons. The highest BCUT2D eigenvalue weighted by Gasteiger charge is 1.99. The van der Waals surface area contributed by atoms with Gasteiger partial charge in [-0.2, -0.15) is 11.3 Å². The Balaban J connectivity index is 2.55. The van der Waals surface area contributed by atoms with Crippen LogP contribution in [0.25, 0.3) is 11.1 Å². The lowest BCUT2D eigenvalue weighted by atomic mass is 10.0. The van der Waals surface area contributed by atoms with E-state index in [1.807, 2.05) is 12.1 Å². The molecular weight excluding hydrogens is 164 g/mol. The lowest BCUT2D eigenvalue weighted by Crippen LogP contribution is -1.78. The minimum Gasteiger partial charge on any atom is -0.152 e. The van der Waals surface area contributed by atoms with E-state index in [9.17, 15) is 0 Å². The Labute approximate surface area is 76.5 Å². The van der Waals surface area contributed by atoms with Gasteiger partial charge < -0.3 is 0 Å². The van der Waals surface area contributed by atoms with Gasteiger partial charge in [-0.3, -0.25) is 0 Å². The van der Waals surface area contributed by atoms with E-state index in [2.05, 4.69) is 35.9 Å². The Morgan fingerprint density at radius 2 is 2.25 bits per heavy atom. The zero-order chi connectivity index (χ0) is 8.39. The van der Waals surface area contributed by atoms with Crippen LogP contribution in [0.4, 0.5) is 0 Å². The molecule has 0 aliphatic heterocycles. The predicted octanol–water partition coefficient (Wildman–Crippen LogP) is 3.52. The van der Waals surface area contributed by atoms with Crippen LogP contribution in [0.3, 0.4) is 0 Å². The van der Waals surface area contributed by atoms with Crippen LogP contribution in [-0.4, -0.2) is 0 Å². The Morgan fingerprint density at radius 3 is 2.92 bits per heavy atom. The molecule has 0 unspecified atom stereocenters. The molecule has 0 saturated heterocycles. The average Bonchev–Trinajstić information content (AvgIpc) is 2.57. The van der Waals surface area contributed by atoms with Gasteiger partial charge in [0.2, 0.25) is 0 Å². The number of aryl methyl sites for hydroxylation is 1. The number of rotatable bonds is 1. The van der Waals surface area contributed by atoms with Crippen LogP contribution in [0.5, 0.6) is 0 Å². The first-order valence-corrected chi connectivity index (χ1v) is 4.82. The summed E-state index contributed by atoms with van der Waals surface area (Å²) in [5.41, 5.74) is 3.78. The minimum absolute atomic E-state index is 1.22. The highest BCUT2D eigenvalue weighted by Crippen LogP contribution is 2.24. The smallest absolute Gasteiger partial charge is 0.00144 e. The van der Waals surface area contributed by atoms with Crippen LogP contribution in [0, 0.1) is 13.0 Å². The molecule has 0 aliphatic carbocycles. The van der Waals surface area contributed by atoms with Crippen molar-refractivity contribution in [3.05, 3.63) is 46.7 Å². The third-order valence-corrected chi connectivity index (χ3v) is 2.56. The topological polar surface area (TPSA) is 0 Å². The van der Waals surface area contributed by atoms with Gasteiger partial charge in [0.05, 0.1) is 0 Å². The van der Waals surface area contributed by atoms with Crippen molar-refractivity contribution in [2.75, 3.05) is 0 Å². The Morgan fingerprint density at radius 1 is 1.33 bits per heavy atom. The van der Waals surface area contributed by atoms with Crippen LogP contribution in [-0.2, 0) is 0 Å². The molecule has 1 heterocycles. The van der Waals surface area contributed by atoms with Crippen LogP contribution >= 0.6 is 11.3 Å². The lowest BCUT2D eigenvalue weighted by Gasteiger charge is -2.00. The first-order valence-electron chi connectivity index (χ1n) is 3.88. The maximum absolute atomic E-state index is 3.25. The predicted molar refractivity (Wildman–Crippen MR) is 53.3 cm³/mol. The monoisotopic (exact) mass is 173 g/mol. The third-order valence-electron chi connectivity index (χ3n) is 1.87. The van der Waals surface area contributed by atoms with Gasteiger partial charge in [-0.05, 0) is 46.5 Å². The van der Waals surface area contributed by atoms with Crippen molar-refractivity contribution in [1.82, 2.24) is 0 Å². The summed E-state index contributed by atoms with van der Waals surface area (Å²) >= 11 is 1.72. The molecule has 0 amide bonds. The fourth-order valence-corrected chi connectivity index (χ4v) is 1.89. The summed E-state index contributed by atoms with van der Waals surface area (Å²) < 4.78 is 0. The number of benzene rings is 1. The summed E-state index contributed by atoms with van der Waals surface area (Å²) in [6.07, 6.45) is 0. The second-order valence-electron chi connectivity index (χ2n) is 2.74. The number of hydrogen-bond donors (Lipinski definition) is 0. The third kappa shape index (κ3) is 1.28. The minimum atomic E-state index is 1.22. The SMILES string of the molecule is Cc1ccc[c]c1-c1ccsc1. The summed E-state index contributed by atoms with van der Waals surface area (Å²) in [5.74, 6) is 0. The maximum atomic E-state index is 3.25. The van der Waals surface area contributed by atoms with Crippen LogP contribution < -0.4 is 0 Å². The Hall–Kier alpha value is -1.08. The van der Waals surface area contributed by atoms with Gasteiger partial charge in [0, 0.05) is 0 Å². The molecule has 2 aromatic rings. The Bertz CT molecular complexity index is 360. The highest BCUT2D eigenvalue weighted by molar-refractivity contribution is 7.08. The molecule has 0 fully saturated rings. The van der Waals surface area contributed by atoms with Gasteiger partial charge in [0.1, 0.15) is 0 Å². The second kappa shape index (κ2) is 3.11. The van der Waals surface area contributed by atoms with Crippen LogP contribution in [0.15, 0.2) is 35.0 Å². The first kappa shape index (κ1) is 7.56. The largest absolute Gasteiger partial charge is 0.152 e. The molecule has 2 rings (SSSR count). The fraction of sp³-hybridized carbons (Fsp3) is 0.0909. The number of hydrogen-bond acceptors (Lipinski definition) is 1. The molecule has 12 heavy (non-hydrogen) atoms. The Kier molecular flexibility index (Phi) is 1.96. The quantitative estimate of drug-likeness (QED) is 0.619. The molecule has 0 bridgehead atoms. The van der Waals surface area contributed by atoms with Crippen molar-refractivity contribution in [2.24, 2.45) is 0 Å². The van der Waals surface area contributed by atoms with Crippen molar-refractivity contribution in [1.29, 1.82) is 0 Å². The van der Waals surface area contributed by atoms with Crippen molar-refractivity contribution in [2.45, 2.75) is 6.92 Å². The fourth-order valence-electron chi connectivity index (χ4n) is 1.24. The van der Waals surface area contributed by atoms with E-state index in [1.165, 1.54) is 16.7 Å². The molecule has 0 nitrogen and oxygen atoms in total. The molecule has 0 spiro atoms. The van der Waals surface area contributed by atoms with E-state index >= 15 is 0 Å². The van der Waals surface area contributed by atoms with E-state index in [0.717, 1.165) is 0 Å². The average molecular weight is 173 g/mol. The van der Waals surface area contributed by atoms with E-state index in [0.29, 0.717) is 0 Å². The summed E-state index contributed by atoms with van der Waals surface area (Å²) in [7, 11) is 0. The van der Waals surface area contributed by atoms with Gasteiger partial charge in [-0.25, -0.2) is 0 Å². The maximum Gasteiger partial charge on any atom is -0.00144 e. The number of thiophene rings is 1. The van der Waals surface area contributed by atoms with Gasteiger partial charge in [-0.1, -0.05) is 18.2 Å². The van der Waals surface area contributed by atoms with E-state index in [4.69, 9.17) is 0 Å². The van der Waals surface area contributed by atoms with E-state index in [-0.39, 0.29) is 0 Å². The molecule has 1 radical (unpaired) electrons. The lowest BCUT2D eigenvalue weighted by molar-refractivity contribution is 1.46. The molecule has 0 saturated carbocycles. The van der Waals surface area contributed by atoms with Gasteiger partial charge in [-0.15, -0.1) is 0 Å². The molecule has 1 heteroatoms. The summed E-state index contributed by atoms with van der Waals surface area (Å²) in [5, 5.41) is 4.24. The zero-order valence-corrected chi connectivity index (χ0v) is 7.69. The van der Waals surface area contributed by atoms with Gasteiger partial charge >= 0.3 is 0 Å². The van der Waals surface area contributed by atoms with Crippen LogP contribution in [0.2, 0.25) is 0 Å². The van der Waals surface area contributed by atoms with Gasteiger partial charge in [0.25, 0.3) is 0 Å². The first-order chi connectivity index (χ1) is 5.88. The van der Waals surface area contributed by atoms with Crippen molar-refractivity contribution in [3.8, 4) is 11.1 Å². The van der Waals surface area contributed by atoms with Crippen LogP contribution in [0.1, 0.15) is 5.56 Å². The molecule has 0 atom stereocenters. The summed E-state index contributed by atoms with van der Waals surface area (Å²) in [4.78, 5) is 0. The summed E-state index contributed by atoms with van der Waals surface area (Å²) in [6, 6.07) is 11.5. The molecule has 1 aromatic carbocycles. The zero-order valence-electron chi connectivity index (χ0n) is 6.87. The van der Waals surface area contributed by atoms with Crippen molar-refractivity contribution >= 4 is 11.3 Å². The van der Waals surface area contributed by atoms with Crippen molar-refractivity contribution in [3.63, 3.8) is 0 Å². The summed E-state index contributed by atoms with van der Waals surface area (Å²) in [6.45, 7) is 2.11. The van der Waals surface area contributed by atoms with E-state index in [1.54, 1.807) is 11.3 Å². The molecule has 1 aromatic heterocycles. The molecule has 0 aliphatic rings. The highest BCUT2D eigenvalue weighted by atomic mass is 32.1. The van der Waals surface area contributed by atoms with Gasteiger partial charge in [0.15, 0.2) is 0 Å². The molecule has 0 N–H and O–H groups in total. The standard InChI is InChI=1S/C11H9S/c1-9-4-2-3-5-11(9)10-6-7-12-8-10/h2-4,6-8H,1H3.